The zero-order valence-electron chi connectivity index (χ0n) is 14.7. The van der Waals surface area contributed by atoms with Gasteiger partial charge in [-0.2, -0.15) is 0 Å². The van der Waals surface area contributed by atoms with Crippen molar-refractivity contribution in [1.82, 2.24) is 4.90 Å². The van der Waals surface area contributed by atoms with Gasteiger partial charge in [0.25, 0.3) is 11.6 Å². The third kappa shape index (κ3) is 3.04. The van der Waals surface area contributed by atoms with Gasteiger partial charge in [0.2, 0.25) is 0 Å². The number of carbonyl (C=O) groups excluding carboxylic acids is 1. The van der Waals surface area contributed by atoms with Crippen LogP contribution in [0.1, 0.15) is 27.0 Å². The van der Waals surface area contributed by atoms with E-state index in [9.17, 15) is 14.9 Å². The third-order valence-electron chi connectivity index (χ3n) is 5.10. The molecule has 0 N–H and O–H groups in total. The second kappa shape index (κ2) is 6.67. The topological polar surface area (TPSA) is 63.4 Å². The first-order chi connectivity index (χ1) is 13.0. The summed E-state index contributed by atoms with van der Waals surface area (Å²) in [5.41, 5.74) is 3.71. The van der Waals surface area contributed by atoms with E-state index in [0.717, 1.165) is 18.2 Å². The predicted octanol–water partition coefficient (Wildman–Crippen LogP) is 4.77. The number of nitro benzene ring substituents is 1. The maximum absolute atomic E-state index is 13.1. The molecule has 3 aromatic carbocycles. The lowest BCUT2D eigenvalue weighted by Gasteiger charge is -2.19. The molecule has 0 atom stereocenters. The van der Waals surface area contributed by atoms with Gasteiger partial charge in [-0.15, -0.1) is 0 Å². The van der Waals surface area contributed by atoms with Crippen molar-refractivity contribution in [3.05, 3.63) is 85.9 Å². The minimum absolute atomic E-state index is 0.0411. The molecule has 0 heterocycles. The normalized spacial score (nSPS) is 12.4. The Balaban J connectivity index is 1.67. The molecule has 136 valence electrons. The summed E-state index contributed by atoms with van der Waals surface area (Å²) in [7, 11) is 1.68. The number of non-ortho nitro benzene ring substituents is 1. The van der Waals surface area contributed by atoms with Crippen LogP contribution in [0.3, 0.4) is 0 Å². The Labute approximate surface area is 161 Å². The molecular formula is C21H17ClN2O3. The van der Waals surface area contributed by atoms with Crippen LogP contribution in [0.4, 0.5) is 5.69 Å². The summed E-state index contributed by atoms with van der Waals surface area (Å²) in [5, 5.41) is 13.6. The Bertz CT molecular complexity index is 1080. The number of nitro groups is 1. The lowest BCUT2D eigenvalue weighted by atomic mass is 9.99. The summed E-state index contributed by atoms with van der Waals surface area (Å²) in [4.78, 5) is 25.2. The van der Waals surface area contributed by atoms with Crippen molar-refractivity contribution in [2.45, 2.75) is 19.4 Å². The number of hydrogen-bond acceptors (Lipinski definition) is 3. The summed E-state index contributed by atoms with van der Waals surface area (Å²) in [5.74, 6) is -0.131. The molecule has 0 radical (unpaired) electrons. The first-order valence-electron chi connectivity index (χ1n) is 8.67. The fraction of sp³-hybridized carbons (Fsp3) is 0.190. The van der Waals surface area contributed by atoms with E-state index >= 15 is 0 Å². The Kier molecular flexibility index (Phi) is 4.32. The van der Waals surface area contributed by atoms with E-state index in [-0.39, 0.29) is 18.1 Å². The molecule has 5 nitrogen and oxygen atoms in total. The molecular weight excluding hydrogens is 364 g/mol. The fourth-order valence-corrected chi connectivity index (χ4v) is 3.94. The monoisotopic (exact) mass is 380 g/mol. The Morgan fingerprint density at radius 3 is 2.63 bits per heavy atom. The molecule has 1 aliphatic carbocycles. The Morgan fingerprint density at radius 2 is 1.89 bits per heavy atom. The highest BCUT2D eigenvalue weighted by Crippen LogP contribution is 2.33. The van der Waals surface area contributed by atoms with Crippen molar-refractivity contribution < 1.29 is 9.72 Å². The minimum atomic E-state index is -0.467. The number of amides is 1. The zero-order chi connectivity index (χ0) is 19.1. The highest BCUT2D eigenvalue weighted by atomic mass is 35.5. The van der Waals surface area contributed by atoms with Gasteiger partial charge in [0.05, 0.1) is 4.92 Å². The van der Waals surface area contributed by atoms with Crippen LogP contribution in [-0.2, 0) is 19.4 Å². The predicted molar refractivity (Wildman–Crippen MR) is 105 cm³/mol. The van der Waals surface area contributed by atoms with E-state index < -0.39 is 4.92 Å². The Hall–Kier alpha value is -2.92. The largest absolute Gasteiger partial charge is 0.337 e. The summed E-state index contributed by atoms with van der Waals surface area (Å²) in [6.45, 7) is 0.197. The molecule has 1 aliphatic rings. The van der Waals surface area contributed by atoms with Gasteiger partial charge in [-0.3, -0.25) is 14.9 Å². The smallest absolute Gasteiger partial charge is 0.269 e. The van der Waals surface area contributed by atoms with Crippen LogP contribution < -0.4 is 0 Å². The number of halogens is 1. The van der Waals surface area contributed by atoms with Gasteiger partial charge in [0.15, 0.2) is 0 Å². The van der Waals surface area contributed by atoms with Crippen molar-refractivity contribution in [1.29, 1.82) is 0 Å². The molecule has 0 spiro atoms. The third-order valence-corrected chi connectivity index (χ3v) is 5.47. The van der Waals surface area contributed by atoms with Gasteiger partial charge >= 0.3 is 0 Å². The van der Waals surface area contributed by atoms with Gasteiger partial charge in [0, 0.05) is 36.3 Å². The van der Waals surface area contributed by atoms with Gasteiger partial charge in [0.1, 0.15) is 0 Å². The van der Waals surface area contributed by atoms with Crippen molar-refractivity contribution in [3.63, 3.8) is 0 Å². The molecule has 0 bridgehead atoms. The van der Waals surface area contributed by atoms with E-state index in [2.05, 4.69) is 6.07 Å². The molecule has 0 saturated carbocycles. The van der Waals surface area contributed by atoms with Crippen molar-refractivity contribution in [2.24, 2.45) is 0 Å². The first-order valence-corrected chi connectivity index (χ1v) is 9.05. The van der Waals surface area contributed by atoms with Crippen LogP contribution in [0.2, 0.25) is 5.02 Å². The molecule has 0 fully saturated rings. The van der Waals surface area contributed by atoms with Crippen molar-refractivity contribution in [3.8, 4) is 0 Å². The molecule has 0 aromatic heterocycles. The first kappa shape index (κ1) is 17.5. The van der Waals surface area contributed by atoms with Crippen molar-refractivity contribution >= 4 is 34.0 Å². The van der Waals surface area contributed by atoms with E-state index in [1.807, 2.05) is 24.3 Å². The average molecular weight is 381 g/mol. The van der Waals surface area contributed by atoms with Crippen molar-refractivity contribution in [2.75, 3.05) is 7.05 Å². The summed E-state index contributed by atoms with van der Waals surface area (Å²) >= 11 is 6.18. The molecule has 27 heavy (non-hydrogen) atoms. The summed E-state index contributed by atoms with van der Waals surface area (Å²) < 4.78 is 0. The molecule has 0 aliphatic heterocycles. The van der Waals surface area contributed by atoms with Crippen LogP contribution in [-0.4, -0.2) is 22.8 Å². The second-order valence-corrected chi connectivity index (χ2v) is 7.21. The molecule has 1 amide bonds. The van der Waals surface area contributed by atoms with Crippen LogP contribution in [0.5, 0.6) is 0 Å². The van der Waals surface area contributed by atoms with Gasteiger partial charge in [-0.1, -0.05) is 35.9 Å². The molecule has 6 heteroatoms. The van der Waals surface area contributed by atoms with Crippen LogP contribution >= 0.6 is 11.6 Å². The number of aryl methyl sites for hydroxylation is 2. The van der Waals surface area contributed by atoms with Crippen LogP contribution in [0.25, 0.3) is 10.8 Å². The second-order valence-electron chi connectivity index (χ2n) is 6.81. The maximum atomic E-state index is 13.1. The minimum Gasteiger partial charge on any atom is -0.337 e. The number of nitrogens with zero attached hydrogens (tertiary/aromatic N) is 2. The average Bonchev–Trinajstić information content (AvgIpc) is 3.08. The van der Waals surface area contributed by atoms with Gasteiger partial charge in [-0.05, 0) is 52.4 Å². The molecule has 0 saturated heterocycles. The van der Waals surface area contributed by atoms with E-state index in [1.165, 1.54) is 34.7 Å². The van der Waals surface area contributed by atoms with Crippen LogP contribution in [0, 0.1) is 10.1 Å². The Morgan fingerprint density at radius 1 is 1.15 bits per heavy atom. The SMILES string of the molecule is CN(Cc1cc([N+](=O)[O-])ccc1Cl)C(=O)c1ccc2c3c(cccc13)CC2. The molecule has 3 aromatic rings. The van der Waals surface area contributed by atoms with Gasteiger partial charge < -0.3 is 4.90 Å². The highest BCUT2D eigenvalue weighted by Gasteiger charge is 2.21. The summed E-state index contributed by atoms with van der Waals surface area (Å²) in [6, 6.07) is 14.2. The number of hydrogen-bond donors (Lipinski definition) is 0. The quantitative estimate of drug-likeness (QED) is 0.483. The zero-order valence-corrected chi connectivity index (χ0v) is 15.5. The number of carbonyl (C=O) groups is 1. The highest BCUT2D eigenvalue weighted by molar-refractivity contribution is 6.31. The van der Waals surface area contributed by atoms with Gasteiger partial charge in [-0.25, -0.2) is 0 Å². The standard InChI is InChI=1S/C21H17ClN2O3/c1-23(12-15-11-16(24(26)27)8-10-19(15)22)21(25)18-9-7-14-6-5-13-3-2-4-17(18)20(13)14/h2-4,7-11H,5-6,12H2,1H3. The van der Waals surface area contributed by atoms with Crippen LogP contribution in [0.15, 0.2) is 48.5 Å². The number of benzene rings is 3. The molecule has 4 rings (SSSR count). The maximum Gasteiger partial charge on any atom is 0.269 e. The van der Waals surface area contributed by atoms with E-state index in [4.69, 9.17) is 11.6 Å². The lowest BCUT2D eigenvalue weighted by Crippen LogP contribution is -2.26. The fourth-order valence-electron chi connectivity index (χ4n) is 3.76. The summed E-state index contributed by atoms with van der Waals surface area (Å²) in [6.07, 6.45) is 2.01. The van der Waals surface area contributed by atoms with E-state index in [1.54, 1.807) is 11.9 Å². The van der Waals surface area contributed by atoms with E-state index in [0.29, 0.717) is 16.1 Å². The lowest BCUT2D eigenvalue weighted by molar-refractivity contribution is -0.384. The molecule has 0 unspecified atom stereocenters. The number of rotatable bonds is 4.